The molecule has 36 heavy (non-hydrogen) atoms. The van der Waals surface area contributed by atoms with E-state index in [4.69, 9.17) is 0 Å². The molecule has 2 aliphatic rings. The summed E-state index contributed by atoms with van der Waals surface area (Å²) in [6, 6.07) is 17.4. The predicted molar refractivity (Wildman–Crippen MR) is 148 cm³/mol. The summed E-state index contributed by atoms with van der Waals surface area (Å²) in [6.07, 6.45) is 6.55. The number of nitrogens with one attached hydrogen (secondary N) is 2. The molecule has 2 aromatic carbocycles. The highest BCUT2D eigenvalue weighted by Crippen LogP contribution is 2.33. The van der Waals surface area contributed by atoms with Crippen molar-refractivity contribution in [3.63, 3.8) is 0 Å². The van der Waals surface area contributed by atoms with Crippen molar-refractivity contribution in [2.75, 3.05) is 18.5 Å². The fraction of sp³-hybridized carbons (Fsp3) is 0.355. The van der Waals surface area contributed by atoms with E-state index in [1.807, 2.05) is 18.3 Å². The zero-order chi connectivity index (χ0) is 25.2. The first-order chi connectivity index (χ1) is 17.4. The van der Waals surface area contributed by atoms with Crippen molar-refractivity contribution in [1.29, 1.82) is 0 Å². The minimum absolute atomic E-state index is 0.129. The van der Waals surface area contributed by atoms with E-state index >= 15 is 0 Å². The van der Waals surface area contributed by atoms with Crippen molar-refractivity contribution in [1.82, 2.24) is 15.3 Å². The summed E-state index contributed by atoms with van der Waals surface area (Å²) >= 11 is 0. The third-order valence-corrected chi connectivity index (χ3v) is 8.00. The molecule has 0 bridgehead atoms. The first-order valence-corrected chi connectivity index (χ1v) is 13.0. The minimum atomic E-state index is 0.129. The molecule has 5 rings (SSSR count). The van der Waals surface area contributed by atoms with Gasteiger partial charge in [0.05, 0.1) is 5.69 Å². The molecular formula is C31H36N4O. The van der Waals surface area contributed by atoms with Crippen LogP contribution in [0.5, 0.6) is 0 Å². The highest BCUT2D eigenvalue weighted by molar-refractivity contribution is 5.94. The Bertz CT molecular complexity index is 1290. The Morgan fingerprint density at radius 2 is 1.83 bits per heavy atom. The summed E-state index contributed by atoms with van der Waals surface area (Å²) in [5, 5.41) is 0. The molecule has 0 spiro atoms. The number of likely N-dealkylation sites (tertiary alicyclic amines) is 1. The Kier molecular flexibility index (Phi) is 7.04. The largest absolute Gasteiger partial charge is 0.321 e. The maximum atomic E-state index is 11.6. The van der Waals surface area contributed by atoms with Crippen molar-refractivity contribution < 1.29 is 4.79 Å². The molecule has 0 saturated carbocycles. The van der Waals surface area contributed by atoms with E-state index in [0.717, 1.165) is 49.4 Å². The number of aromatic nitrogens is 1. The van der Waals surface area contributed by atoms with E-state index < -0.39 is 0 Å². The molecule has 0 aliphatic carbocycles. The molecule has 0 amide bonds. The van der Waals surface area contributed by atoms with Crippen molar-refractivity contribution in [2.24, 2.45) is 0 Å². The first-order valence-electron chi connectivity index (χ1n) is 13.0. The fourth-order valence-electron chi connectivity index (χ4n) is 5.52. The number of hydrogen-bond acceptors (Lipinski definition) is 5. The van der Waals surface area contributed by atoms with Crippen molar-refractivity contribution in [2.45, 2.75) is 59.0 Å². The second kappa shape index (κ2) is 10.4. The van der Waals surface area contributed by atoms with Crippen LogP contribution < -0.4 is 10.9 Å². The van der Waals surface area contributed by atoms with E-state index in [9.17, 15) is 4.79 Å². The fourth-order valence-corrected chi connectivity index (χ4v) is 5.52. The van der Waals surface area contributed by atoms with Crippen LogP contribution >= 0.6 is 0 Å². The molecule has 1 aromatic heterocycles. The van der Waals surface area contributed by atoms with Crippen molar-refractivity contribution in [3.8, 4) is 11.1 Å². The number of Topliss-reactive ketones (excluding diaryl/α,β-unsaturated/α-hetero) is 1. The third kappa shape index (κ3) is 4.99. The maximum absolute atomic E-state index is 11.6. The van der Waals surface area contributed by atoms with Crippen LogP contribution in [-0.4, -0.2) is 34.8 Å². The molecule has 3 aromatic rings. The number of fused-ring (bicyclic) bond motifs is 1. The highest BCUT2D eigenvalue weighted by Gasteiger charge is 2.25. The molecule has 1 saturated heterocycles. The second-order valence-corrected chi connectivity index (χ2v) is 10.3. The van der Waals surface area contributed by atoms with Crippen LogP contribution in [0.2, 0.25) is 0 Å². The number of piperidine rings is 1. The van der Waals surface area contributed by atoms with Gasteiger partial charge in [0.15, 0.2) is 5.78 Å². The van der Waals surface area contributed by atoms with Gasteiger partial charge in [0, 0.05) is 35.6 Å². The van der Waals surface area contributed by atoms with Gasteiger partial charge in [-0.25, -0.2) is 5.43 Å². The SMILES string of the molecule is CC(=O)c1ccc(C2CCN(C(C)/C(C)=C/c3c(-c4ccc5c(c4)CNN5)ccnc3C)CC2)cc1. The van der Waals surface area contributed by atoms with Gasteiger partial charge in [0.1, 0.15) is 0 Å². The Morgan fingerprint density at radius 1 is 1.08 bits per heavy atom. The van der Waals surface area contributed by atoms with E-state index in [1.54, 1.807) is 6.92 Å². The van der Waals surface area contributed by atoms with Gasteiger partial charge >= 0.3 is 0 Å². The minimum Gasteiger partial charge on any atom is -0.321 e. The van der Waals surface area contributed by atoms with Crippen LogP contribution in [0.15, 0.2) is 60.3 Å². The molecule has 186 valence electrons. The second-order valence-electron chi connectivity index (χ2n) is 10.3. The van der Waals surface area contributed by atoms with E-state index in [2.05, 4.69) is 84.0 Å². The number of ketones is 1. The van der Waals surface area contributed by atoms with Gasteiger partial charge in [-0.2, -0.15) is 0 Å². The van der Waals surface area contributed by atoms with Crippen LogP contribution in [-0.2, 0) is 6.54 Å². The number of hydrogen-bond donors (Lipinski definition) is 2. The van der Waals surface area contributed by atoms with Crippen molar-refractivity contribution >= 4 is 17.5 Å². The van der Waals surface area contributed by atoms with Gasteiger partial charge in [0.2, 0.25) is 0 Å². The lowest BCUT2D eigenvalue weighted by Crippen LogP contribution is -2.40. The van der Waals surface area contributed by atoms with Crippen LogP contribution in [0.1, 0.15) is 72.3 Å². The number of aryl methyl sites for hydroxylation is 1. The zero-order valence-corrected chi connectivity index (χ0v) is 21.8. The monoisotopic (exact) mass is 480 g/mol. The van der Waals surface area contributed by atoms with Crippen LogP contribution in [0.3, 0.4) is 0 Å². The summed E-state index contributed by atoms with van der Waals surface area (Å²) in [7, 11) is 0. The van der Waals surface area contributed by atoms with Crippen LogP contribution in [0.4, 0.5) is 5.69 Å². The lowest BCUT2D eigenvalue weighted by atomic mass is 9.87. The molecule has 5 heteroatoms. The average molecular weight is 481 g/mol. The standard InChI is InChI=1S/C31H36N4O/c1-20(22(3)35-15-12-26(13-16-35)25-7-5-24(6-8-25)23(4)36)17-30-21(2)32-14-11-29(30)27-9-10-31-28(18-27)19-33-34-31/h5-11,14,17-18,22,26,33-34H,12-13,15-16,19H2,1-4H3/b20-17+. The van der Waals surface area contributed by atoms with Gasteiger partial charge in [-0.1, -0.05) is 42.0 Å². The summed E-state index contributed by atoms with van der Waals surface area (Å²) < 4.78 is 0. The van der Waals surface area contributed by atoms with Crippen LogP contribution in [0.25, 0.3) is 17.2 Å². The lowest BCUT2D eigenvalue weighted by molar-refractivity contribution is 0.101. The van der Waals surface area contributed by atoms with Crippen LogP contribution in [0, 0.1) is 6.92 Å². The number of carbonyl (C=O) groups excluding carboxylic acids is 1. The molecule has 5 nitrogen and oxygen atoms in total. The summed E-state index contributed by atoms with van der Waals surface area (Å²) in [5.41, 5.74) is 17.1. The van der Waals surface area contributed by atoms with Crippen molar-refractivity contribution in [3.05, 3.63) is 88.2 Å². The Hall–Kier alpha value is -3.28. The Morgan fingerprint density at radius 3 is 2.56 bits per heavy atom. The topological polar surface area (TPSA) is 57.3 Å². The molecule has 1 atom stereocenters. The number of hydrazine groups is 1. The molecule has 2 N–H and O–H groups in total. The van der Waals surface area contributed by atoms with E-state index in [-0.39, 0.29) is 5.78 Å². The molecular weight excluding hydrogens is 444 g/mol. The number of anilines is 1. The number of nitrogens with zero attached hydrogens (tertiary/aromatic N) is 2. The number of pyridine rings is 1. The molecule has 1 unspecified atom stereocenters. The summed E-state index contributed by atoms with van der Waals surface area (Å²) in [6.45, 7) is 11.3. The number of rotatable bonds is 6. The van der Waals surface area contributed by atoms with Gasteiger partial charge in [-0.15, -0.1) is 0 Å². The molecule has 3 heterocycles. The first kappa shape index (κ1) is 24.4. The highest BCUT2D eigenvalue weighted by atomic mass is 16.1. The zero-order valence-electron chi connectivity index (χ0n) is 21.8. The Balaban J connectivity index is 1.31. The van der Waals surface area contributed by atoms with Gasteiger partial charge in [0.25, 0.3) is 0 Å². The predicted octanol–water partition coefficient (Wildman–Crippen LogP) is 6.36. The maximum Gasteiger partial charge on any atom is 0.159 e. The Labute approximate surface area is 214 Å². The quantitative estimate of drug-likeness (QED) is 0.402. The lowest BCUT2D eigenvalue weighted by Gasteiger charge is -2.37. The van der Waals surface area contributed by atoms with Gasteiger partial charge < -0.3 is 5.43 Å². The smallest absolute Gasteiger partial charge is 0.159 e. The third-order valence-electron chi connectivity index (χ3n) is 8.00. The number of benzene rings is 2. The van der Waals surface area contributed by atoms with E-state index in [1.165, 1.54) is 33.4 Å². The summed E-state index contributed by atoms with van der Waals surface area (Å²) in [4.78, 5) is 18.8. The van der Waals surface area contributed by atoms with E-state index in [0.29, 0.717) is 12.0 Å². The summed E-state index contributed by atoms with van der Waals surface area (Å²) in [5.74, 6) is 0.694. The normalized spacial score (nSPS) is 17.5. The number of carbonyl (C=O) groups is 1. The van der Waals surface area contributed by atoms with Gasteiger partial charge in [-0.3, -0.25) is 14.7 Å². The molecule has 0 radical (unpaired) electrons. The molecule has 2 aliphatic heterocycles. The van der Waals surface area contributed by atoms with Gasteiger partial charge in [-0.05, 0) is 100.0 Å². The molecule has 1 fully saturated rings. The average Bonchev–Trinajstić information content (AvgIpc) is 3.37.